The minimum Gasteiger partial charge on any atom is -0.427 e. The number of hydrogen-bond acceptors (Lipinski definition) is 4. The van der Waals surface area contributed by atoms with E-state index in [4.69, 9.17) is 0 Å². The second-order valence-electron chi connectivity index (χ2n) is 2.79. The third-order valence-corrected chi connectivity index (χ3v) is 1.72. The monoisotopic (exact) mass is 191 g/mol. The van der Waals surface area contributed by atoms with Crippen molar-refractivity contribution in [3.8, 4) is 0 Å². The Kier molecular flexibility index (Phi) is 2.36. The molecule has 0 bridgehead atoms. The maximum absolute atomic E-state index is 10.5. The number of rotatable bonds is 2. The van der Waals surface area contributed by atoms with Crippen LogP contribution in [0.2, 0.25) is 0 Å². The fourth-order valence-corrected chi connectivity index (χ4v) is 1.10. The van der Waals surface area contributed by atoms with Gasteiger partial charge in [0.25, 0.3) is 0 Å². The van der Waals surface area contributed by atoms with Crippen LogP contribution in [0, 0.1) is 0 Å². The van der Waals surface area contributed by atoms with Crippen molar-refractivity contribution in [1.29, 1.82) is 0 Å². The van der Waals surface area contributed by atoms with E-state index in [1.165, 1.54) is 6.26 Å². The van der Waals surface area contributed by atoms with Crippen molar-refractivity contribution < 1.29 is 14.3 Å². The van der Waals surface area contributed by atoms with E-state index in [1.54, 1.807) is 0 Å². The van der Waals surface area contributed by atoms with E-state index in [0.29, 0.717) is 0 Å². The van der Waals surface area contributed by atoms with Gasteiger partial charge in [-0.05, 0) is 12.1 Å². The largest absolute Gasteiger partial charge is 0.513 e. The van der Waals surface area contributed by atoms with Gasteiger partial charge >= 0.3 is 6.16 Å². The molecular weight excluding hydrogens is 182 g/mol. The van der Waals surface area contributed by atoms with Crippen LogP contribution in [0.1, 0.15) is 0 Å². The van der Waals surface area contributed by atoms with Crippen molar-refractivity contribution in [1.82, 2.24) is 0 Å². The lowest BCUT2D eigenvalue weighted by Gasteiger charge is -2.14. The molecule has 14 heavy (non-hydrogen) atoms. The molecule has 0 spiro atoms. The number of carbonyl (C=O) groups excluding carboxylic acids is 1. The lowest BCUT2D eigenvalue weighted by atomic mass is 10.3. The first-order chi connectivity index (χ1) is 6.84. The van der Waals surface area contributed by atoms with E-state index in [1.807, 2.05) is 30.3 Å². The SMILES string of the molecule is O=C1OC=C(Nc2ccccc2)CO1. The first kappa shape index (κ1) is 8.62. The third-order valence-electron chi connectivity index (χ3n) is 1.72. The highest BCUT2D eigenvalue weighted by molar-refractivity contribution is 5.63. The van der Waals surface area contributed by atoms with Gasteiger partial charge in [0, 0.05) is 5.69 Å². The smallest absolute Gasteiger partial charge is 0.427 e. The number of para-hydroxylation sites is 1. The van der Waals surface area contributed by atoms with Crippen molar-refractivity contribution in [2.24, 2.45) is 0 Å². The molecule has 2 rings (SSSR count). The molecule has 0 atom stereocenters. The molecule has 0 saturated carbocycles. The maximum Gasteiger partial charge on any atom is 0.513 e. The molecule has 4 nitrogen and oxygen atoms in total. The van der Waals surface area contributed by atoms with Crippen LogP contribution in [0.25, 0.3) is 0 Å². The maximum atomic E-state index is 10.5. The summed E-state index contributed by atoms with van der Waals surface area (Å²) in [6.45, 7) is 0.216. The van der Waals surface area contributed by atoms with Gasteiger partial charge in [-0.15, -0.1) is 0 Å². The molecule has 0 fully saturated rings. The van der Waals surface area contributed by atoms with Gasteiger partial charge < -0.3 is 14.8 Å². The van der Waals surface area contributed by atoms with Crippen molar-refractivity contribution in [2.45, 2.75) is 0 Å². The molecule has 1 N–H and O–H groups in total. The second kappa shape index (κ2) is 3.83. The number of anilines is 1. The molecule has 0 saturated heterocycles. The van der Waals surface area contributed by atoms with Gasteiger partial charge in [0.15, 0.2) is 0 Å². The highest BCUT2D eigenvalue weighted by Gasteiger charge is 2.11. The number of nitrogens with one attached hydrogen (secondary N) is 1. The highest BCUT2D eigenvalue weighted by Crippen LogP contribution is 2.11. The molecule has 1 aromatic rings. The Morgan fingerprint density at radius 2 is 2.00 bits per heavy atom. The topological polar surface area (TPSA) is 47.6 Å². The van der Waals surface area contributed by atoms with Crippen LogP contribution in [0.3, 0.4) is 0 Å². The van der Waals surface area contributed by atoms with Crippen LogP contribution in [0.4, 0.5) is 10.5 Å². The lowest BCUT2D eigenvalue weighted by molar-refractivity contribution is 0.0795. The van der Waals surface area contributed by atoms with E-state index in [2.05, 4.69) is 14.8 Å². The van der Waals surface area contributed by atoms with E-state index >= 15 is 0 Å². The quantitative estimate of drug-likeness (QED) is 0.727. The van der Waals surface area contributed by atoms with E-state index < -0.39 is 6.16 Å². The molecule has 0 aliphatic carbocycles. The predicted octanol–water partition coefficient (Wildman–Crippen LogP) is 2.11. The van der Waals surface area contributed by atoms with Crippen molar-refractivity contribution in [3.63, 3.8) is 0 Å². The summed E-state index contributed by atoms with van der Waals surface area (Å²) in [5.74, 6) is 0. The molecule has 4 heteroatoms. The van der Waals surface area contributed by atoms with Gasteiger partial charge in [-0.25, -0.2) is 4.79 Å². The van der Waals surface area contributed by atoms with Gasteiger partial charge in [0.1, 0.15) is 12.9 Å². The van der Waals surface area contributed by atoms with Crippen LogP contribution in [0.15, 0.2) is 42.3 Å². The van der Waals surface area contributed by atoms with Crippen LogP contribution >= 0.6 is 0 Å². The van der Waals surface area contributed by atoms with Gasteiger partial charge in [-0.1, -0.05) is 18.2 Å². The first-order valence-corrected chi connectivity index (χ1v) is 4.19. The Morgan fingerprint density at radius 1 is 1.21 bits per heavy atom. The Labute approximate surface area is 81.1 Å². The molecule has 1 heterocycles. The number of benzene rings is 1. The summed E-state index contributed by atoms with van der Waals surface area (Å²) < 4.78 is 9.25. The van der Waals surface area contributed by atoms with Gasteiger partial charge in [0.2, 0.25) is 0 Å². The number of ether oxygens (including phenoxy) is 2. The molecule has 72 valence electrons. The van der Waals surface area contributed by atoms with Crippen LogP contribution in [-0.2, 0) is 9.47 Å². The van der Waals surface area contributed by atoms with Crippen LogP contribution in [-0.4, -0.2) is 12.8 Å². The van der Waals surface area contributed by atoms with Gasteiger partial charge in [-0.3, -0.25) is 0 Å². The summed E-state index contributed by atoms with van der Waals surface area (Å²) in [5.41, 5.74) is 1.65. The summed E-state index contributed by atoms with van der Waals surface area (Å²) in [5, 5.41) is 3.06. The van der Waals surface area contributed by atoms with Gasteiger partial charge in [-0.2, -0.15) is 0 Å². The average Bonchev–Trinajstić information content (AvgIpc) is 2.23. The zero-order valence-corrected chi connectivity index (χ0v) is 7.40. The number of hydrogen-bond donors (Lipinski definition) is 1. The molecule has 0 aromatic heterocycles. The molecule has 1 aromatic carbocycles. The fourth-order valence-electron chi connectivity index (χ4n) is 1.10. The standard InChI is InChI=1S/C10H9NO3/c12-10-13-6-9(7-14-10)11-8-4-2-1-3-5-8/h1-6,11H,7H2. The van der Waals surface area contributed by atoms with Crippen LogP contribution < -0.4 is 5.32 Å². The average molecular weight is 191 g/mol. The van der Waals surface area contributed by atoms with E-state index in [0.717, 1.165) is 11.4 Å². The Hall–Kier alpha value is -1.97. The Morgan fingerprint density at radius 3 is 2.64 bits per heavy atom. The summed E-state index contributed by atoms with van der Waals surface area (Å²) in [7, 11) is 0. The minimum atomic E-state index is -0.663. The van der Waals surface area contributed by atoms with Crippen molar-refractivity contribution >= 4 is 11.8 Å². The molecule has 0 amide bonds. The minimum absolute atomic E-state index is 0.216. The Bertz CT molecular complexity index is 359. The lowest BCUT2D eigenvalue weighted by Crippen LogP contribution is -2.17. The molecule has 1 aliphatic heterocycles. The summed E-state index contributed by atoms with van der Waals surface area (Å²) in [6, 6.07) is 9.59. The summed E-state index contributed by atoms with van der Waals surface area (Å²) >= 11 is 0. The summed E-state index contributed by atoms with van der Waals surface area (Å²) in [4.78, 5) is 10.5. The highest BCUT2D eigenvalue weighted by atomic mass is 16.7. The second-order valence-corrected chi connectivity index (χ2v) is 2.79. The normalized spacial score (nSPS) is 15.1. The van der Waals surface area contributed by atoms with Crippen molar-refractivity contribution in [2.75, 3.05) is 11.9 Å². The molecule has 0 radical (unpaired) electrons. The summed E-state index contributed by atoms with van der Waals surface area (Å²) in [6.07, 6.45) is 0.697. The third kappa shape index (κ3) is 2.04. The van der Waals surface area contributed by atoms with Crippen LogP contribution in [0.5, 0.6) is 0 Å². The Balaban J connectivity index is 2.02. The molecule has 1 aliphatic rings. The predicted molar refractivity (Wildman–Crippen MR) is 50.6 cm³/mol. The fraction of sp³-hybridized carbons (Fsp3) is 0.100. The van der Waals surface area contributed by atoms with E-state index in [-0.39, 0.29) is 6.61 Å². The number of cyclic esters (lactones) is 2. The van der Waals surface area contributed by atoms with E-state index in [9.17, 15) is 4.79 Å². The molecular formula is C10H9NO3. The molecule has 0 unspecified atom stereocenters. The first-order valence-electron chi connectivity index (χ1n) is 4.19. The zero-order valence-electron chi connectivity index (χ0n) is 7.40. The van der Waals surface area contributed by atoms with Crippen molar-refractivity contribution in [3.05, 3.63) is 42.3 Å². The van der Waals surface area contributed by atoms with Gasteiger partial charge in [0.05, 0.1) is 5.70 Å². The number of carbonyl (C=O) groups is 1. The zero-order chi connectivity index (χ0) is 9.80.